The first kappa shape index (κ1) is 17.7. The van der Waals surface area contributed by atoms with Gasteiger partial charge in [-0.25, -0.2) is 8.78 Å². The average molecular weight is 333 g/mol. The molecule has 126 valence electrons. The van der Waals surface area contributed by atoms with Crippen molar-refractivity contribution in [2.75, 3.05) is 6.54 Å². The number of nitrogens with zero attached hydrogens (tertiary/aromatic N) is 1. The summed E-state index contributed by atoms with van der Waals surface area (Å²) < 4.78 is 26.2. The number of hydrogen-bond acceptors (Lipinski definition) is 3. The number of benzene rings is 2. The highest BCUT2D eigenvalue weighted by Crippen LogP contribution is 2.13. The van der Waals surface area contributed by atoms with Gasteiger partial charge in [0.25, 0.3) is 0 Å². The first-order chi connectivity index (χ1) is 11.4. The third-order valence-electron chi connectivity index (χ3n) is 3.72. The molecule has 0 aliphatic heterocycles. The number of aliphatic carboxylic acids is 1. The fraction of sp³-hybridized carbons (Fsp3) is 0.222. The molecule has 0 aromatic heterocycles. The molecule has 2 rings (SSSR count). The Morgan fingerprint density at radius 3 is 2.33 bits per heavy atom. The van der Waals surface area contributed by atoms with Gasteiger partial charge >= 0.3 is 5.97 Å². The number of carboxylic acids is 1. The highest BCUT2D eigenvalue weighted by atomic mass is 19.2. The smallest absolute Gasteiger partial charge is 0.320 e. The molecule has 0 aliphatic carbocycles. The maximum Gasteiger partial charge on any atom is 0.320 e. The molecule has 0 spiro atoms. The van der Waals surface area contributed by atoms with Crippen LogP contribution in [0.2, 0.25) is 0 Å². The molecule has 0 saturated heterocycles. The molecule has 0 aliphatic rings. The van der Waals surface area contributed by atoms with E-state index in [1.54, 1.807) is 0 Å². The van der Waals surface area contributed by atoms with Crippen molar-refractivity contribution in [3.63, 3.8) is 0 Å². The maximum atomic E-state index is 13.3. The molecule has 6 heteroatoms. The summed E-state index contributed by atoms with van der Waals surface area (Å²) in [6, 6.07) is 11.1. The summed E-state index contributed by atoms with van der Waals surface area (Å²) in [4.78, 5) is 25.1. The third-order valence-corrected chi connectivity index (χ3v) is 3.72. The van der Waals surface area contributed by atoms with Crippen LogP contribution in [0.5, 0.6) is 0 Å². The van der Waals surface area contributed by atoms with E-state index >= 15 is 0 Å². The van der Waals surface area contributed by atoms with Crippen molar-refractivity contribution in [1.29, 1.82) is 0 Å². The van der Waals surface area contributed by atoms with E-state index in [9.17, 15) is 23.5 Å². The molecule has 2 aromatic carbocycles. The van der Waals surface area contributed by atoms with Crippen LogP contribution in [0.4, 0.5) is 8.78 Å². The van der Waals surface area contributed by atoms with Gasteiger partial charge < -0.3 is 5.11 Å². The summed E-state index contributed by atoms with van der Waals surface area (Å²) in [6.07, 6.45) is 0. The van der Waals surface area contributed by atoms with Gasteiger partial charge in [0, 0.05) is 12.1 Å². The fourth-order valence-corrected chi connectivity index (χ4v) is 2.25. The molecule has 0 fully saturated rings. The van der Waals surface area contributed by atoms with Crippen molar-refractivity contribution in [1.82, 2.24) is 4.90 Å². The fourth-order valence-electron chi connectivity index (χ4n) is 2.25. The molecule has 0 saturated carbocycles. The predicted molar refractivity (Wildman–Crippen MR) is 84.6 cm³/mol. The molecule has 0 heterocycles. The van der Waals surface area contributed by atoms with Crippen LogP contribution in [-0.2, 0) is 11.3 Å². The largest absolute Gasteiger partial charge is 0.480 e. The Hall–Kier alpha value is -2.60. The number of carbonyl (C=O) groups is 2. The van der Waals surface area contributed by atoms with Crippen LogP contribution < -0.4 is 0 Å². The molecule has 4 nitrogen and oxygen atoms in total. The Morgan fingerprint density at radius 1 is 1.08 bits per heavy atom. The zero-order valence-corrected chi connectivity index (χ0v) is 13.1. The number of ketones is 1. The van der Waals surface area contributed by atoms with Gasteiger partial charge in [0.15, 0.2) is 17.4 Å². The van der Waals surface area contributed by atoms with Crippen molar-refractivity contribution in [3.05, 3.63) is 71.3 Å². The highest BCUT2D eigenvalue weighted by molar-refractivity contribution is 5.97. The number of carbonyl (C=O) groups excluding carboxylic acids is 1. The average Bonchev–Trinajstić information content (AvgIpc) is 2.56. The van der Waals surface area contributed by atoms with Gasteiger partial charge in [-0.2, -0.15) is 0 Å². The lowest BCUT2D eigenvalue weighted by Crippen LogP contribution is -2.41. The Kier molecular flexibility index (Phi) is 5.76. The summed E-state index contributed by atoms with van der Waals surface area (Å²) in [5.41, 5.74) is 0.855. The molecule has 24 heavy (non-hydrogen) atoms. The Balaban J connectivity index is 2.19. The first-order valence-electron chi connectivity index (χ1n) is 7.37. The quantitative estimate of drug-likeness (QED) is 0.791. The lowest BCUT2D eigenvalue weighted by atomic mass is 10.1. The van der Waals surface area contributed by atoms with E-state index in [4.69, 9.17) is 0 Å². The van der Waals surface area contributed by atoms with E-state index in [2.05, 4.69) is 0 Å². The van der Waals surface area contributed by atoms with Crippen LogP contribution in [0.25, 0.3) is 0 Å². The van der Waals surface area contributed by atoms with E-state index in [0.717, 1.165) is 17.7 Å². The van der Waals surface area contributed by atoms with E-state index in [1.165, 1.54) is 17.9 Å². The van der Waals surface area contributed by atoms with Crippen molar-refractivity contribution in [2.24, 2.45) is 0 Å². The lowest BCUT2D eigenvalue weighted by Gasteiger charge is -2.25. The number of Topliss-reactive ketones (excluding diaryl/α,β-unsaturated/α-hetero) is 1. The highest BCUT2D eigenvalue weighted by Gasteiger charge is 2.24. The maximum absolute atomic E-state index is 13.3. The molecular formula is C18H17F2NO3. The molecule has 0 unspecified atom stereocenters. The van der Waals surface area contributed by atoms with E-state index in [1.807, 2.05) is 30.3 Å². The third kappa shape index (κ3) is 4.45. The van der Waals surface area contributed by atoms with Gasteiger partial charge in [0.2, 0.25) is 0 Å². The second kappa shape index (κ2) is 7.79. The van der Waals surface area contributed by atoms with Gasteiger partial charge in [-0.15, -0.1) is 0 Å². The van der Waals surface area contributed by atoms with Gasteiger partial charge in [0.05, 0.1) is 6.54 Å². The number of hydrogen-bond donors (Lipinski definition) is 1. The first-order valence-corrected chi connectivity index (χ1v) is 7.37. The van der Waals surface area contributed by atoms with Crippen molar-refractivity contribution in [3.8, 4) is 0 Å². The van der Waals surface area contributed by atoms with Crippen molar-refractivity contribution >= 4 is 11.8 Å². The SMILES string of the molecule is C[C@H](C(=O)O)N(CC(=O)c1ccc(F)c(F)c1)Cc1ccccc1. The van der Waals surface area contributed by atoms with E-state index in [-0.39, 0.29) is 18.7 Å². The van der Waals surface area contributed by atoms with E-state index in [0.29, 0.717) is 0 Å². The van der Waals surface area contributed by atoms with Crippen LogP contribution in [0.3, 0.4) is 0 Å². The number of halogens is 2. The van der Waals surface area contributed by atoms with E-state index < -0.39 is 29.4 Å². The van der Waals surface area contributed by atoms with Crippen molar-refractivity contribution < 1.29 is 23.5 Å². The molecule has 0 radical (unpaired) electrons. The van der Waals surface area contributed by atoms with Crippen LogP contribution >= 0.6 is 0 Å². The summed E-state index contributed by atoms with van der Waals surface area (Å²) in [7, 11) is 0. The van der Waals surface area contributed by atoms with Crippen LogP contribution in [0.15, 0.2) is 48.5 Å². The lowest BCUT2D eigenvalue weighted by molar-refractivity contribution is -0.142. The van der Waals surface area contributed by atoms with Gasteiger partial charge in [-0.1, -0.05) is 30.3 Å². The van der Waals surface area contributed by atoms with Gasteiger partial charge in [0.1, 0.15) is 6.04 Å². The molecule has 0 amide bonds. The minimum absolute atomic E-state index is 0.00421. The molecule has 0 bridgehead atoms. The van der Waals surface area contributed by atoms with Gasteiger partial charge in [-0.05, 0) is 30.7 Å². The summed E-state index contributed by atoms with van der Waals surface area (Å²) in [5.74, 6) is -3.68. The van der Waals surface area contributed by atoms with Crippen molar-refractivity contribution in [2.45, 2.75) is 19.5 Å². The summed E-state index contributed by atoms with van der Waals surface area (Å²) in [5, 5.41) is 9.23. The Morgan fingerprint density at radius 2 is 1.75 bits per heavy atom. The standard InChI is InChI=1S/C18H17F2NO3/c1-12(18(23)24)21(10-13-5-3-2-4-6-13)11-17(22)14-7-8-15(19)16(20)9-14/h2-9,12H,10-11H2,1H3,(H,23,24)/t12-/m1/s1. The van der Waals surface area contributed by atoms with Gasteiger partial charge in [-0.3, -0.25) is 14.5 Å². The summed E-state index contributed by atoms with van der Waals surface area (Å²) >= 11 is 0. The van der Waals surface area contributed by atoms with Crippen LogP contribution in [0.1, 0.15) is 22.8 Å². The summed E-state index contributed by atoms with van der Waals surface area (Å²) in [6.45, 7) is 1.51. The molecular weight excluding hydrogens is 316 g/mol. The topological polar surface area (TPSA) is 57.6 Å². The normalized spacial score (nSPS) is 12.2. The molecule has 1 N–H and O–H groups in total. The number of rotatable bonds is 7. The minimum Gasteiger partial charge on any atom is -0.480 e. The molecule has 2 aromatic rings. The minimum atomic E-state index is -1.11. The van der Waals surface area contributed by atoms with Crippen LogP contribution in [-0.4, -0.2) is 34.3 Å². The second-order valence-electron chi connectivity index (χ2n) is 5.46. The Labute approximate surface area is 138 Å². The zero-order valence-electron chi connectivity index (χ0n) is 13.1. The monoisotopic (exact) mass is 333 g/mol. The predicted octanol–water partition coefficient (Wildman–Crippen LogP) is 3.12. The second-order valence-corrected chi connectivity index (χ2v) is 5.46. The zero-order chi connectivity index (χ0) is 17.7. The molecule has 1 atom stereocenters. The number of carboxylic acid groups (broad SMARTS) is 1. The Bertz CT molecular complexity index is 734. The van der Waals surface area contributed by atoms with Crippen LogP contribution in [0, 0.1) is 11.6 Å².